The van der Waals surface area contributed by atoms with E-state index in [2.05, 4.69) is 15.5 Å². The van der Waals surface area contributed by atoms with E-state index in [-0.39, 0.29) is 29.5 Å². The molecule has 1 fully saturated rings. The van der Waals surface area contributed by atoms with Gasteiger partial charge in [-0.2, -0.15) is 0 Å². The van der Waals surface area contributed by atoms with Gasteiger partial charge < -0.3 is 15.4 Å². The van der Waals surface area contributed by atoms with Crippen LogP contribution in [0.5, 0.6) is 0 Å². The number of halogens is 1. The minimum atomic E-state index is -0.278. The molecule has 178 valence electrons. The van der Waals surface area contributed by atoms with E-state index >= 15 is 0 Å². The number of ether oxygens (including phenoxy) is 1. The van der Waals surface area contributed by atoms with Gasteiger partial charge in [0.2, 0.25) is 0 Å². The maximum atomic E-state index is 13.0. The zero-order valence-electron chi connectivity index (χ0n) is 18.6. The highest BCUT2D eigenvalue weighted by Gasteiger charge is 2.35. The van der Waals surface area contributed by atoms with Gasteiger partial charge >= 0.3 is 0 Å². The number of pyridine rings is 1. The lowest BCUT2D eigenvalue weighted by Crippen LogP contribution is -2.50. The molecule has 4 rings (SSSR count). The molecule has 1 aliphatic rings. The molecule has 0 aliphatic carbocycles. The van der Waals surface area contributed by atoms with E-state index in [1.165, 1.54) is 22.0 Å². The van der Waals surface area contributed by atoms with Gasteiger partial charge in [-0.25, -0.2) is 0 Å². The number of rotatable bonds is 8. The number of likely N-dealkylation sites (tertiary alicyclic amines) is 1. The summed E-state index contributed by atoms with van der Waals surface area (Å²) >= 11 is 7.18. The van der Waals surface area contributed by atoms with Crippen LogP contribution < -0.4 is 16.2 Å². The van der Waals surface area contributed by atoms with Crippen LogP contribution in [0.2, 0.25) is 4.34 Å². The highest BCUT2D eigenvalue weighted by molar-refractivity contribution is 7.18. The Hall–Kier alpha value is -2.98. The lowest BCUT2D eigenvalue weighted by Gasteiger charge is -2.21. The van der Waals surface area contributed by atoms with Crippen molar-refractivity contribution in [2.75, 3.05) is 33.4 Å². The molecule has 0 unspecified atom stereocenters. The van der Waals surface area contributed by atoms with E-state index in [0.717, 1.165) is 0 Å². The van der Waals surface area contributed by atoms with Gasteiger partial charge in [0.25, 0.3) is 17.4 Å². The van der Waals surface area contributed by atoms with E-state index in [9.17, 15) is 14.4 Å². The smallest absolute Gasteiger partial charge is 0.261 e. The summed E-state index contributed by atoms with van der Waals surface area (Å²) in [6.07, 6.45) is 1.68. The van der Waals surface area contributed by atoms with Gasteiger partial charge in [0.15, 0.2) is 0 Å². The third-order valence-corrected chi connectivity index (χ3v) is 6.90. The van der Waals surface area contributed by atoms with Crippen LogP contribution in [-0.2, 0) is 4.74 Å². The van der Waals surface area contributed by atoms with E-state index in [1.54, 1.807) is 61.8 Å². The number of thiophene rings is 1. The number of nitrogens with one attached hydrogen (secondary N) is 2. The summed E-state index contributed by atoms with van der Waals surface area (Å²) in [5.74, 6) is -0.462. The van der Waals surface area contributed by atoms with Gasteiger partial charge in [-0.05, 0) is 42.5 Å². The van der Waals surface area contributed by atoms with Crippen LogP contribution in [0.3, 0.4) is 0 Å². The van der Waals surface area contributed by atoms with E-state index in [0.29, 0.717) is 46.7 Å². The molecule has 0 spiro atoms. The summed E-state index contributed by atoms with van der Waals surface area (Å²) in [4.78, 5) is 40.4. The van der Waals surface area contributed by atoms with Crippen molar-refractivity contribution in [3.63, 3.8) is 0 Å². The van der Waals surface area contributed by atoms with Gasteiger partial charge in [0, 0.05) is 50.3 Å². The minimum absolute atomic E-state index is 0.146. The Bertz CT molecular complexity index is 1210. The Balaban J connectivity index is 1.45. The highest BCUT2D eigenvalue weighted by Crippen LogP contribution is 2.22. The molecule has 0 radical (unpaired) electrons. The van der Waals surface area contributed by atoms with Crippen molar-refractivity contribution in [1.82, 2.24) is 20.1 Å². The van der Waals surface area contributed by atoms with Gasteiger partial charge in [-0.3, -0.25) is 23.9 Å². The molecule has 1 aromatic carbocycles. The Morgan fingerprint density at radius 3 is 2.35 bits per heavy atom. The summed E-state index contributed by atoms with van der Waals surface area (Å²) in [6.45, 7) is 2.43. The lowest BCUT2D eigenvalue weighted by molar-refractivity contribution is 0.0898. The molecule has 8 nitrogen and oxygen atoms in total. The normalized spacial score (nSPS) is 18.1. The molecule has 2 N–H and O–H groups in total. The van der Waals surface area contributed by atoms with Crippen molar-refractivity contribution in [3.05, 3.63) is 85.9 Å². The summed E-state index contributed by atoms with van der Waals surface area (Å²) in [5.41, 5.74) is 0.999. The standard InChI is InChI=1S/C24H25ClN4O4S/c1-33-13-12-28-14-18(19(15-28)27-24(32)20-9-10-21(25)34-20)26-23(31)16-5-7-17(8-6-16)29-11-3-2-4-22(29)30/h2-11,18-19H,12-15H2,1H3,(H,26,31)(H,27,32)/t18-,19+/m0/s1. The van der Waals surface area contributed by atoms with Crippen molar-refractivity contribution in [2.45, 2.75) is 12.1 Å². The maximum Gasteiger partial charge on any atom is 0.261 e. The number of methoxy groups -OCH3 is 1. The molecule has 0 saturated carbocycles. The first-order valence-electron chi connectivity index (χ1n) is 10.8. The fraction of sp³-hybridized carbons (Fsp3) is 0.292. The fourth-order valence-electron chi connectivity index (χ4n) is 3.92. The number of hydrogen-bond acceptors (Lipinski definition) is 6. The van der Waals surface area contributed by atoms with Crippen molar-refractivity contribution in [1.29, 1.82) is 0 Å². The number of benzene rings is 1. The molecular weight excluding hydrogens is 476 g/mol. The zero-order chi connectivity index (χ0) is 24.1. The van der Waals surface area contributed by atoms with Gasteiger partial charge in [0.05, 0.1) is 27.9 Å². The Morgan fingerprint density at radius 1 is 1.03 bits per heavy atom. The first kappa shape index (κ1) is 24.2. The van der Waals surface area contributed by atoms with Crippen LogP contribution >= 0.6 is 22.9 Å². The molecule has 0 bridgehead atoms. The second kappa shape index (κ2) is 11.0. The Labute approximate surface area is 206 Å². The quantitative estimate of drug-likeness (QED) is 0.495. The Kier molecular flexibility index (Phi) is 7.79. The summed E-state index contributed by atoms with van der Waals surface area (Å²) in [6, 6.07) is 14.6. The highest BCUT2D eigenvalue weighted by atomic mass is 35.5. The fourth-order valence-corrected chi connectivity index (χ4v) is 4.87. The molecule has 2 aromatic heterocycles. The van der Waals surface area contributed by atoms with Gasteiger partial charge in [-0.1, -0.05) is 17.7 Å². The van der Waals surface area contributed by atoms with Crippen LogP contribution in [0, 0.1) is 0 Å². The number of carbonyl (C=O) groups excluding carboxylic acids is 2. The van der Waals surface area contributed by atoms with Crippen molar-refractivity contribution in [3.8, 4) is 5.69 Å². The summed E-state index contributed by atoms with van der Waals surface area (Å²) in [7, 11) is 1.64. The van der Waals surface area contributed by atoms with Crippen molar-refractivity contribution < 1.29 is 14.3 Å². The largest absolute Gasteiger partial charge is 0.383 e. The second-order valence-electron chi connectivity index (χ2n) is 7.97. The number of hydrogen-bond donors (Lipinski definition) is 2. The molecule has 3 heterocycles. The zero-order valence-corrected chi connectivity index (χ0v) is 20.1. The average molecular weight is 501 g/mol. The van der Waals surface area contributed by atoms with E-state index in [1.807, 2.05) is 0 Å². The van der Waals surface area contributed by atoms with Gasteiger partial charge in [0.1, 0.15) is 0 Å². The van der Waals surface area contributed by atoms with Crippen LogP contribution in [-0.4, -0.2) is 66.7 Å². The monoisotopic (exact) mass is 500 g/mol. The second-order valence-corrected chi connectivity index (χ2v) is 9.69. The molecule has 34 heavy (non-hydrogen) atoms. The molecule has 3 aromatic rings. The molecule has 2 atom stereocenters. The summed E-state index contributed by atoms with van der Waals surface area (Å²) < 4.78 is 7.23. The number of nitrogens with zero attached hydrogens (tertiary/aromatic N) is 2. The van der Waals surface area contributed by atoms with E-state index < -0.39 is 0 Å². The van der Waals surface area contributed by atoms with E-state index in [4.69, 9.17) is 16.3 Å². The van der Waals surface area contributed by atoms with Crippen molar-refractivity contribution >= 4 is 34.8 Å². The number of amides is 2. The molecule has 10 heteroatoms. The Morgan fingerprint density at radius 2 is 1.74 bits per heavy atom. The average Bonchev–Trinajstić information content (AvgIpc) is 3.44. The number of carbonyl (C=O) groups is 2. The first-order valence-corrected chi connectivity index (χ1v) is 12.0. The topological polar surface area (TPSA) is 92.7 Å². The molecular formula is C24H25ClN4O4S. The third-order valence-electron chi connectivity index (χ3n) is 5.67. The third kappa shape index (κ3) is 5.74. The van der Waals surface area contributed by atoms with Crippen LogP contribution in [0.15, 0.2) is 65.6 Å². The number of aromatic nitrogens is 1. The maximum absolute atomic E-state index is 13.0. The molecule has 2 amide bonds. The first-order chi connectivity index (χ1) is 16.4. The predicted octanol–water partition coefficient (Wildman–Crippen LogP) is 2.41. The van der Waals surface area contributed by atoms with Crippen molar-refractivity contribution in [2.24, 2.45) is 0 Å². The van der Waals surface area contributed by atoms with Crippen LogP contribution in [0.1, 0.15) is 20.0 Å². The molecule has 1 saturated heterocycles. The van der Waals surface area contributed by atoms with Crippen LogP contribution in [0.25, 0.3) is 5.69 Å². The SMILES string of the molecule is COCCN1C[C@H](NC(=O)c2ccc(-n3ccccc3=O)cc2)[C@H](NC(=O)c2ccc(Cl)s2)C1. The minimum Gasteiger partial charge on any atom is -0.383 e. The summed E-state index contributed by atoms with van der Waals surface area (Å²) in [5, 5.41) is 6.09. The lowest BCUT2D eigenvalue weighted by atomic mass is 10.1. The predicted molar refractivity (Wildman–Crippen MR) is 132 cm³/mol. The van der Waals surface area contributed by atoms with Gasteiger partial charge in [-0.15, -0.1) is 11.3 Å². The van der Waals surface area contributed by atoms with Crippen LogP contribution in [0.4, 0.5) is 0 Å². The molecule has 1 aliphatic heterocycles.